The molecule has 0 saturated heterocycles. The van der Waals surface area contributed by atoms with E-state index in [1.807, 2.05) is 78.9 Å². The fraction of sp³-hybridized carbons (Fsp3) is 0.0303. The summed E-state index contributed by atoms with van der Waals surface area (Å²) in [6, 6.07) is 33.0. The molecule has 4 heterocycles. The first-order chi connectivity index (χ1) is 20.2. The van der Waals surface area contributed by atoms with E-state index in [1.54, 1.807) is 23.0 Å². The van der Waals surface area contributed by atoms with Gasteiger partial charge in [-0.1, -0.05) is 96.5 Å². The predicted octanol–water partition coefficient (Wildman–Crippen LogP) is 7.50. The van der Waals surface area contributed by atoms with E-state index in [1.165, 1.54) is 0 Å². The van der Waals surface area contributed by atoms with Crippen molar-refractivity contribution in [3.8, 4) is 34.1 Å². The summed E-state index contributed by atoms with van der Waals surface area (Å²) in [5.74, 6) is 0.623. The Morgan fingerprint density at radius 1 is 0.756 bits per heavy atom. The van der Waals surface area contributed by atoms with Crippen molar-refractivity contribution in [3.63, 3.8) is 0 Å². The lowest BCUT2D eigenvalue weighted by molar-refractivity contribution is 0.422. The summed E-state index contributed by atoms with van der Waals surface area (Å²) in [6.45, 7) is 0. The van der Waals surface area contributed by atoms with E-state index in [0.29, 0.717) is 55.8 Å². The molecule has 7 aromatic rings. The molecule has 0 saturated carbocycles. The summed E-state index contributed by atoms with van der Waals surface area (Å²) in [5.41, 5.74) is 5.17. The molecular weight excluding hydrogens is 536 g/mol. The van der Waals surface area contributed by atoms with Crippen LogP contribution in [0.15, 0.2) is 119 Å². The molecule has 3 aromatic heterocycles. The number of ether oxygens (including phenoxy) is 1. The first kappa shape index (κ1) is 23.6. The number of aromatic nitrogens is 4. The fourth-order valence-corrected chi connectivity index (χ4v) is 5.76. The normalized spacial score (nSPS) is 14.0. The van der Waals surface area contributed by atoms with Gasteiger partial charge in [0, 0.05) is 10.6 Å². The molecule has 0 fully saturated rings. The van der Waals surface area contributed by atoms with Crippen molar-refractivity contribution in [2.24, 2.45) is 0 Å². The van der Waals surface area contributed by atoms with E-state index in [9.17, 15) is 4.79 Å². The van der Waals surface area contributed by atoms with Crippen molar-refractivity contribution in [2.45, 2.75) is 5.92 Å². The minimum absolute atomic E-state index is 0.337. The quantitative estimate of drug-likeness (QED) is 0.210. The third kappa shape index (κ3) is 3.74. The van der Waals surface area contributed by atoms with Crippen molar-refractivity contribution >= 4 is 28.2 Å². The van der Waals surface area contributed by atoms with Crippen LogP contribution in [0.2, 0.25) is 5.02 Å². The summed E-state index contributed by atoms with van der Waals surface area (Å²) in [6.07, 6.45) is 1.57. The molecule has 0 spiro atoms. The minimum Gasteiger partial charge on any atom is -0.437 e. The molecule has 0 aliphatic carbocycles. The Hall–Kier alpha value is -5.27. The SMILES string of the molecule is O=c1oc2ccccc2c2c1C(c1ccccc1Cl)c1c(ncn3nc(-c4ccc(-c5ccccc5)cc4)nc13)O2. The van der Waals surface area contributed by atoms with Gasteiger partial charge in [0.15, 0.2) is 17.2 Å². The molecule has 1 aliphatic heterocycles. The zero-order valence-corrected chi connectivity index (χ0v) is 22.1. The number of halogens is 1. The van der Waals surface area contributed by atoms with Crippen LogP contribution >= 0.6 is 11.6 Å². The second kappa shape index (κ2) is 9.15. The maximum absolute atomic E-state index is 13.5. The van der Waals surface area contributed by atoms with Crippen LogP contribution in [0.25, 0.3) is 39.1 Å². The van der Waals surface area contributed by atoms with Gasteiger partial charge in [0.1, 0.15) is 11.9 Å². The number of hydrogen-bond donors (Lipinski definition) is 0. The highest BCUT2D eigenvalue weighted by molar-refractivity contribution is 6.31. The molecule has 8 heteroatoms. The molecule has 1 aliphatic rings. The van der Waals surface area contributed by atoms with Crippen LogP contribution in [0.5, 0.6) is 11.6 Å². The van der Waals surface area contributed by atoms with Gasteiger partial charge < -0.3 is 9.15 Å². The summed E-state index contributed by atoms with van der Waals surface area (Å²) >= 11 is 6.74. The third-order valence-corrected chi connectivity index (χ3v) is 7.77. The zero-order chi connectivity index (χ0) is 27.5. The zero-order valence-electron chi connectivity index (χ0n) is 21.4. The Morgan fingerprint density at radius 2 is 1.46 bits per heavy atom. The van der Waals surface area contributed by atoms with E-state index in [0.717, 1.165) is 16.7 Å². The van der Waals surface area contributed by atoms with Gasteiger partial charge in [-0.25, -0.2) is 19.3 Å². The van der Waals surface area contributed by atoms with Crippen LogP contribution < -0.4 is 10.4 Å². The number of fused-ring (bicyclic) bond motifs is 6. The molecule has 0 bridgehead atoms. The number of hydrogen-bond acceptors (Lipinski definition) is 6. The summed E-state index contributed by atoms with van der Waals surface area (Å²) < 4.78 is 13.7. The summed E-state index contributed by atoms with van der Waals surface area (Å²) in [4.78, 5) is 23.1. The smallest absolute Gasteiger partial charge is 0.344 e. The summed E-state index contributed by atoms with van der Waals surface area (Å²) in [7, 11) is 0. The maximum atomic E-state index is 13.5. The Morgan fingerprint density at radius 3 is 2.29 bits per heavy atom. The van der Waals surface area contributed by atoms with Crippen LogP contribution in [0.1, 0.15) is 22.6 Å². The molecule has 1 unspecified atom stereocenters. The van der Waals surface area contributed by atoms with Gasteiger partial charge in [-0.3, -0.25) is 0 Å². The summed E-state index contributed by atoms with van der Waals surface area (Å²) in [5, 5.41) is 5.90. The highest BCUT2D eigenvalue weighted by atomic mass is 35.5. The first-order valence-corrected chi connectivity index (χ1v) is 13.4. The molecule has 0 amide bonds. The van der Waals surface area contributed by atoms with Crippen LogP contribution in [0, 0.1) is 0 Å². The second-order valence-electron chi connectivity index (χ2n) is 9.80. The van der Waals surface area contributed by atoms with Crippen LogP contribution in [0.3, 0.4) is 0 Å². The number of para-hydroxylation sites is 1. The van der Waals surface area contributed by atoms with E-state index in [-0.39, 0.29) is 0 Å². The largest absolute Gasteiger partial charge is 0.437 e. The predicted molar refractivity (Wildman–Crippen MR) is 157 cm³/mol. The lowest BCUT2D eigenvalue weighted by Gasteiger charge is -2.27. The highest BCUT2D eigenvalue weighted by Gasteiger charge is 2.38. The van der Waals surface area contributed by atoms with Crippen molar-refractivity contribution < 1.29 is 9.15 Å². The number of rotatable bonds is 3. The molecule has 7 nitrogen and oxygen atoms in total. The molecule has 196 valence electrons. The highest BCUT2D eigenvalue weighted by Crippen LogP contribution is 2.50. The standard InChI is InChI=1S/C33H19ClN4O3/c34-24-12-6-4-10-22(24)26-27-29(23-11-5-7-13-25(23)40-33(27)39)41-32-28(26)31-36-30(37-38(31)18-35-32)21-16-14-20(15-17-21)19-8-2-1-3-9-19/h1-18,26H. The van der Waals surface area contributed by atoms with E-state index < -0.39 is 11.5 Å². The van der Waals surface area contributed by atoms with Crippen molar-refractivity contribution in [2.75, 3.05) is 0 Å². The van der Waals surface area contributed by atoms with Crippen LogP contribution in [-0.2, 0) is 0 Å². The molecular formula is C33H19ClN4O3. The lowest BCUT2D eigenvalue weighted by Crippen LogP contribution is -2.22. The molecule has 41 heavy (non-hydrogen) atoms. The van der Waals surface area contributed by atoms with Crippen LogP contribution in [0.4, 0.5) is 0 Å². The lowest BCUT2D eigenvalue weighted by atomic mass is 9.84. The van der Waals surface area contributed by atoms with Crippen molar-refractivity contribution in [1.82, 2.24) is 19.6 Å². The molecule has 1 atom stereocenters. The monoisotopic (exact) mass is 554 g/mol. The van der Waals surface area contributed by atoms with Crippen molar-refractivity contribution in [3.05, 3.63) is 142 Å². The van der Waals surface area contributed by atoms with Crippen molar-refractivity contribution in [1.29, 1.82) is 0 Å². The van der Waals surface area contributed by atoms with E-state index in [4.69, 9.17) is 30.8 Å². The number of nitrogens with zero attached hydrogens (tertiary/aromatic N) is 4. The molecule has 8 rings (SSSR count). The molecule has 0 radical (unpaired) electrons. The van der Waals surface area contributed by atoms with Gasteiger partial charge >= 0.3 is 5.63 Å². The Labute approximate surface area is 238 Å². The molecule has 0 N–H and O–H groups in total. The maximum Gasteiger partial charge on any atom is 0.344 e. The van der Waals surface area contributed by atoms with Gasteiger partial charge in [-0.05, 0) is 34.9 Å². The Kier molecular flexibility index (Phi) is 5.27. The second-order valence-corrected chi connectivity index (χ2v) is 10.2. The van der Waals surface area contributed by atoms with Gasteiger partial charge in [-0.15, -0.1) is 5.10 Å². The Balaban J connectivity index is 1.34. The van der Waals surface area contributed by atoms with E-state index in [2.05, 4.69) is 17.1 Å². The minimum atomic E-state index is -0.642. The average Bonchev–Trinajstić information content (AvgIpc) is 3.46. The van der Waals surface area contributed by atoms with Gasteiger partial charge in [0.2, 0.25) is 5.88 Å². The molecule has 4 aromatic carbocycles. The number of benzene rings is 4. The van der Waals surface area contributed by atoms with Crippen LogP contribution in [-0.4, -0.2) is 19.6 Å². The third-order valence-electron chi connectivity index (χ3n) is 7.43. The van der Waals surface area contributed by atoms with E-state index >= 15 is 0 Å². The van der Waals surface area contributed by atoms with Gasteiger partial charge in [-0.2, -0.15) is 0 Å². The van der Waals surface area contributed by atoms with Gasteiger partial charge in [0.05, 0.1) is 22.4 Å². The first-order valence-electron chi connectivity index (χ1n) is 13.0. The average molecular weight is 555 g/mol. The fourth-order valence-electron chi connectivity index (χ4n) is 5.51. The Bertz CT molecular complexity index is 2170. The topological polar surface area (TPSA) is 82.5 Å². The van der Waals surface area contributed by atoms with Gasteiger partial charge in [0.25, 0.3) is 0 Å².